The minimum atomic E-state index is -0.396. The zero-order valence-electron chi connectivity index (χ0n) is 10.6. The molecular formula is C11H15N3O3S2. The Kier molecular flexibility index (Phi) is 4.78. The Balaban J connectivity index is 1.86. The number of rotatable bonds is 4. The van der Waals surface area contributed by atoms with Crippen LogP contribution in [0.25, 0.3) is 0 Å². The maximum absolute atomic E-state index is 12.0. The van der Waals surface area contributed by atoms with Crippen molar-refractivity contribution in [3.05, 3.63) is 21.6 Å². The fourth-order valence-corrected chi connectivity index (χ4v) is 3.65. The Hall–Kier alpha value is -1.12. The van der Waals surface area contributed by atoms with E-state index in [2.05, 4.69) is 4.90 Å². The van der Waals surface area contributed by atoms with E-state index in [1.165, 1.54) is 11.8 Å². The number of hydrogen-bond acceptors (Lipinski definition) is 6. The van der Waals surface area contributed by atoms with Crippen molar-refractivity contribution in [3.8, 4) is 0 Å². The van der Waals surface area contributed by atoms with Gasteiger partial charge in [-0.2, -0.15) is 0 Å². The molecule has 2 rings (SSSR count). The first-order valence-electron chi connectivity index (χ1n) is 5.89. The Bertz CT molecular complexity index is 470. The van der Waals surface area contributed by atoms with Crippen LogP contribution in [0.3, 0.4) is 0 Å². The van der Waals surface area contributed by atoms with Gasteiger partial charge in [0.2, 0.25) is 5.91 Å². The summed E-state index contributed by atoms with van der Waals surface area (Å²) in [4.78, 5) is 27.0. The van der Waals surface area contributed by atoms with E-state index in [4.69, 9.17) is 0 Å². The molecule has 0 unspecified atom stereocenters. The third kappa shape index (κ3) is 3.68. The molecule has 1 aliphatic rings. The highest BCUT2D eigenvalue weighted by molar-refractivity contribution is 8.00. The molecule has 0 N–H and O–H groups in total. The van der Waals surface area contributed by atoms with Crippen molar-refractivity contribution in [2.24, 2.45) is 0 Å². The molecule has 0 aromatic carbocycles. The van der Waals surface area contributed by atoms with Crippen molar-refractivity contribution in [2.45, 2.75) is 4.90 Å². The van der Waals surface area contributed by atoms with E-state index in [1.54, 1.807) is 11.4 Å². The second-order valence-corrected chi connectivity index (χ2v) is 6.23. The molecule has 1 aromatic heterocycles. The van der Waals surface area contributed by atoms with Crippen molar-refractivity contribution in [1.82, 2.24) is 9.80 Å². The van der Waals surface area contributed by atoms with Crippen molar-refractivity contribution < 1.29 is 9.72 Å². The van der Waals surface area contributed by atoms with Crippen molar-refractivity contribution in [3.63, 3.8) is 0 Å². The van der Waals surface area contributed by atoms with E-state index >= 15 is 0 Å². The van der Waals surface area contributed by atoms with Gasteiger partial charge >= 0.3 is 5.00 Å². The van der Waals surface area contributed by atoms with E-state index in [-0.39, 0.29) is 16.7 Å². The Morgan fingerprint density at radius 1 is 1.47 bits per heavy atom. The normalized spacial score (nSPS) is 16.6. The van der Waals surface area contributed by atoms with Gasteiger partial charge in [-0.1, -0.05) is 11.3 Å². The van der Waals surface area contributed by atoms with Gasteiger partial charge in [0, 0.05) is 26.2 Å². The first kappa shape index (κ1) is 14.3. The van der Waals surface area contributed by atoms with Gasteiger partial charge in [0.05, 0.1) is 15.6 Å². The summed E-state index contributed by atoms with van der Waals surface area (Å²) >= 11 is 2.34. The fourth-order valence-electron chi connectivity index (χ4n) is 1.82. The summed E-state index contributed by atoms with van der Waals surface area (Å²) in [6.07, 6.45) is 0. The zero-order valence-corrected chi connectivity index (χ0v) is 12.2. The second kappa shape index (κ2) is 6.36. The lowest BCUT2D eigenvalue weighted by Gasteiger charge is -2.32. The molecule has 8 heteroatoms. The summed E-state index contributed by atoms with van der Waals surface area (Å²) in [7, 11) is 2.03. The maximum atomic E-state index is 12.0. The molecule has 1 fully saturated rings. The predicted molar refractivity (Wildman–Crippen MR) is 75.8 cm³/mol. The molecule has 0 radical (unpaired) electrons. The molecule has 1 amide bonds. The summed E-state index contributed by atoms with van der Waals surface area (Å²) in [5, 5.41) is 12.6. The largest absolute Gasteiger partial charge is 0.339 e. The third-order valence-electron chi connectivity index (χ3n) is 2.98. The predicted octanol–water partition coefficient (Wildman–Crippen LogP) is 1.52. The van der Waals surface area contributed by atoms with Crippen molar-refractivity contribution in [2.75, 3.05) is 39.0 Å². The number of likely N-dealkylation sites (N-methyl/N-ethyl adjacent to an activating group) is 1. The van der Waals surface area contributed by atoms with E-state index in [0.717, 1.165) is 37.5 Å². The van der Waals surface area contributed by atoms with Crippen LogP contribution in [0.15, 0.2) is 16.3 Å². The van der Waals surface area contributed by atoms with Gasteiger partial charge in [-0.3, -0.25) is 14.9 Å². The number of piperazine rings is 1. The fraction of sp³-hybridized carbons (Fsp3) is 0.545. The van der Waals surface area contributed by atoms with Crippen LogP contribution in [0, 0.1) is 10.1 Å². The molecule has 19 heavy (non-hydrogen) atoms. The molecule has 0 atom stereocenters. The van der Waals surface area contributed by atoms with Gasteiger partial charge in [-0.05, 0) is 18.5 Å². The van der Waals surface area contributed by atoms with Gasteiger partial charge in [0.25, 0.3) is 0 Å². The lowest BCUT2D eigenvalue weighted by atomic mass is 10.3. The first-order valence-corrected chi connectivity index (χ1v) is 7.75. The molecule has 6 nitrogen and oxygen atoms in total. The molecule has 0 saturated carbocycles. The summed E-state index contributed by atoms with van der Waals surface area (Å²) < 4.78 is 0. The average molecular weight is 301 g/mol. The smallest absolute Gasteiger partial charge is 0.337 e. The number of thioether (sulfide) groups is 1. The van der Waals surface area contributed by atoms with Crippen LogP contribution in [-0.4, -0.2) is 59.6 Å². The zero-order chi connectivity index (χ0) is 13.8. The number of amides is 1. The van der Waals surface area contributed by atoms with Crippen LogP contribution in [0.4, 0.5) is 5.00 Å². The number of carbonyl (C=O) groups is 1. The highest BCUT2D eigenvalue weighted by Gasteiger charge is 2.21. The van der Waals surface area contributed by atoms with Gasteiger partial charge in [-0.15, -0.1) is 11.8 Å². The Labute approximate surface area is 119 Å². The SMILES string of the molecule is CN1CCN(C(=O)CSc2ccsc2[N+](=O)[O-])CC1. The molecule has 104 valence electrons. The number of hydrogen-bond donors (Lipinski definition) is 0. The van der Waals surface area contributed by atoms with E-state index in [9.17, 15) is 14.9 Å². The monoisotopic (exact) mass is 301 g/mol. The van der Waals surface area contributed by atoms with Crippen molar-refractivity contribution >= 4 is 34.0 Å². The van der Waals surface area contributed by atoms with Gasteiger partial charge in [0.1, 0.15) is 0 Å². The Morgan fingerprint density at radius 2 is 2.16 bits per heavy atom. The summed E-state index contributed by atoms with van der Waals surface area (Å²) in [5.74, 6) is 0.319. The molecule has 0 bridgehead atoms. The quantitative estimate of drug-likeness (QED) is 0.479. The van der Waals surface area contributed by atoms with Gasteiger partial charge in [-0.25, -0.2) is 0 Å². The molecule has 2 heterocycles. The summed E-state index contributed by atoms with van der Waals surface area (Å²) in [5.41, 5.74) is 0. The van der Waals surface area contributed by atoms with Gasteiger partial charge < -0.3 is 9.80 Å². The number of nitro groups is 1. The molecule has 1 aromatic rings. The van der Waals surface area contributed by atoms with Crippen LogP contribution < -0.4 is 0 Å². The highest BCUT2D eigenvalue weighted by Crippen LogP contribution is 2.34. The van der Waals surface area contributed by atoms with E-state index < -0.39 is 4.92 Å². The molecule has 0 spiro atoms. The summed E-state index contributed by atoms with van der Waals surface area (Å²) in [6.45, 7) is 3.24. The minimum absolute atomic E-state index is 0.0543. The molecule has 1 saturated heterocycles. The topological polar surface area (TPSA) is 66.7 Å². The minimum Gasteiger partial charge on any atom is -0.339 e. The third-order valence-corrected chi connectivity index (χ3v) is 5.01. The molecular weight excluding hydrogens is 286 g/mol. The number of thiophene rings is 1. The van der Waals surface area contributed by atoms with Crippen molar-refractivity contribution in [1.29, 1.82) is 0 Å². The second-order valence-electron chi connectivity index (χ2n) is 4.32. The standard InChI is InChI=1S/C11H15N3O3S2/c1-12-3-5-13(6-4-12)10(15)8-19-9-2-7-18-11(9)14(16)17/h2,7H,3-6,8H2,1H3. The molecule has 1 aliphatic heterocycles. The number of carbonyl (C=O) groups excluding carboxylic acids is 1. The highest BCUT2D eigenvalue weighted by atomic mass is 32.2. The van der Waals surface area contributed by atoms with Crippen LogP contribution in [-0.2, 0) is 4.79 Å². The van der Waals surface area contributed by atoms with Crippen LogP contribution in [0.1, 0.15) is 0 Å². The lowest BCUT2D eigenvalue weighted by molar-refractivity contribution is -0.382. The van der Waals surface area contributed by atoms with Gasteiger partial charge in [0.15, 0.2) is 0 Å². The average Bonchev–Trinajstić information content (AvgIpc) is 2.85. The van der Waals surface area contributed by atoms with Crippen LogP contribution in [0.5, 0.6) is 0 Å². The van der Waals surface area contributed by atoms with E-state index in [1.807, 2.05) is 11.9 Å². The van der Waals surface area contributed by atoms with Crippen LogP contribution >= 0.6 is 23.1 Å². The van der Waals surface area contributed by atoms with Crippen LogP contribution in [0.2, 0.25) is 0 Å². The maximum Gasteiger partial charge on any atom is 0.337 e. The Morgan fingerprint density at radius 3 is 2.79 bits per heavy atom. The first-order chi connectivity index (χ1) is 9.08. The molecule has 0 aliphatic carbocycles. The lowest BCUT2D eigenvalue weighted by Crippen LogP contribution is -2.47. The summed E-state index contributed by atoms with van der Waals surface area (Å²) in [6, 6.07) is 1.70. The number of nitrogens with zero attached hydrogens (tertiary/aromatic N) is 3. The van der Waals surface area contributed by atoms with E-state index in [0.29, 0.717) is 4.90 Å².